The normalized spacial score (nSPS) is 26.9. The predicted molar refractivity (Wildman–Crippen MR) is 126 cm³/mol. The maximum absolute atomic E-state index is 12.3. The van der Waals surface area contributed by atoms with Crippen LogP contribution in [0.5, 0.6) is 0 Å². The van der Waals surface area contributed by atoms with Crippen LogP contribution in [0.2, 0.25) is 0 Å². The second-order valence-electron chi connectivity index (χ2n) is 9.49. The molecule has 9 heteroatoms. The Morgan fingerprint density at radius 3 is 2.64 bits per heavy atom. The second kappa shape index (κ2) is 8.37. The fraction of sp³-hybridized carbons (Fsp3) is 0.500. The molecule has 5 rings (SSSR count). The molecule has 2 aromatic rings. The number of hydrogen-bond donors (Lipinski definition) is 2. The molecule has 33 heavy (non-hydrogen) atoms. The Bertz CT molecular complexity index is 1280. The molecule has 0 bridgehead atoms. The summed E-state index contributed by atoms with van der Waals surface area (Å²) in [7, 11) is -6.67. The minimum absolute atomic E-state index is 0.0907. The lowest BCUT2D eigenvalue weighted by molar-refractivity contribution is -0.0641. The first-order chi connectivity index (χ1) is 15.6. The Morgan fingerprint density at radius 1 is 1.12 bits per heavy atom. The molecule has 0 spiro atoms. The van der Waals surface area contributed by atoms with Crippen LogP contribution in [0.25, 0.3) is 0 Å². The van der Waals surface area contributed by atoms with Crippen molar-refractivity contribution in [3.05, 3.63) is 58.7 Å². The quantitative estimate of drug-likeness (QED) is 0.662. The van der Waals surface area contributed by atoms with Gasteiger partial charge in [0.2, 0.25) is 0 Å². The van der Waals surface area contributed by atoms with Crippen molar-refractivity contribution in [2.45, 2.75) is 60.6 Å². The van der Waals surface area contributed by atoms with Crippen molar-refractivity contribution in [2.24, 2.45) is 0 Å². The van der Waals surface area contributed by atoms with Crippen LogP contribution in [0.4, 0.5) is 5.69 Å². The Kier molecular flexibility index (Phi) is 5.79. The second-order valence-corrected chi connectivity index (χ2v) is 13.8. The van der Waals surface area contributed by atoms with E-state index in [-0.39, 0.29) is 12.2 Å². The molecule has 0 radical (unpaired) electrons. The lowest BCUT2D eigenvalue weighted by atomic mass is 9.91. The first-order valence-corrected chi connectivity index (χ1v) is 15.0. The van der Waals surface area contributed by atoms with E-state index < -0.39 is 37.3 Å². The van der Waals surface area contributed by atoms with Crippen LogP contribution < -0.4 is 5.32 Å². The van der Waals surface area contributed by atoms with Crippen molar-refractivity contribution in [3.8, 4) is 0 Å². The van der Waals surface area contributed by atoms with E-state index >= 15 is 0 Å². The average molecular weight is 492 g/mol. The SMILES string of the molecule is CS(=O)(=O)C1CC(O)CC(c2ccc(C3CC3)c(Cc3ccc4c(c3)NCCS4(=O)=O)c2)O1. The topological polar surface area (TPSA) is 110 Å². The van der Waals surface area contributed by atoms with Crippen molar-refractivity contribution < 1.29 is 26.7 Å². The maximum Gasteiger partial charge on any atom is 0.182 e. The minimum Gasteiger partial charge on any atom is -0.393 e. The first-order valence-electron chi connectivity index (χ1n) is 11.3. The van der Waals surface area contributed by atoms with Crippen molar-refractivity contribution in [1.82, 2.24) is 0 Å². The predicted octanol–water partition coefficient (Wildman–Crippen LogP) is 2.94. The van der Waals surface area contributed by atoms with E-state index in [9.17, 15) is 21.9 Å². The number of ether oxygens (including phenoxy) is 1. The molecular formula is C24H29NO6S2. The number of fused-ring (bicyclic) bond motifs is 1. The lowest BCUT2D eigenvalue weighted by Gasteiger charge is -2.32. The van der Waals surface area contributed by atoms with Crippen molar-refractivity contribution in [1.29, 1.82) is 0 Å². The van der Waals surface area contributed by atoms with Gasteiger partial charge in [-0.15, -0.1) is 0 Å². The molecule has 7 nitrogen and oxygen atoms in total. The van der Waals surface area contributed by atoms with Crippen LogP contribution >= 0.6 is 0 Å². The van der Waals surface area contributed by atoms with Crippen LogP contribution in [-0.2, 0) is 30.8 Å². The van der Waals surface area contributed by atoms with Gasteiger partial charge in [-0.2, -0.15) is 0 Å². The third-order valence-corrected chi connectivity index (χ3v) is 9.79. The fourth-order valence-electron chi connectivity index (χ4n) is 4.87. The molecule has 1 saturated heterocycles. The molecule has 3 atom stereocenters. The number of rotatable bonds is 5. The van der Waals surface area contributed by atoms with E-state index in [0.717, 1.165) is 35.8 Å². The van der Waals surface area contributed by atoms with E-state index in [1.54, 1.807) is 6.07 Å². The summed E-state index contributed by atoms with van der Waals surface area (Å²) in [4.78, 5) is 0.352. The number of nitrogens with one attached hydrogen (secondary N) is 1. The van der Waals surface area contributed by atoms with Crippen LogP contribution in [0.15, 0.2) is 41.3 Å². The Morgan fingerprint density at radius 2 is 1.91 bits per heavy atom. The highest BCUT2D eigenvalue weighted by Gasteiger charge is 2.35. The van der Waals surface area contributed by atoms with E-state index in [0.29, 0.717) is 35.9 Å². The summed E-state index contributed by atoms with van der Waals surface area (Å²) in [6, 6.07) is 11.6. The van der Waals surface area contributed by atoms with Gasteiger partial charge in [0, 0.05) is 25.6 Å². The summed E-state index contributed by atoms with van der Waals surface area (Å²) >= 11 is 0. The third kappa shape index (κ3) is 4.82. The van der Waals surface area contributed by atoms with Crippen molar-refractivity contribution in [2.75, 3.05) is 23.9 Å². The van der Waals surface area contributed by atoms with E-state index in [4.69, 9.17) is 4.74 Å². The highest BCUT2D eigenvalue weighted by atomic mass is 32.2. The minimum atomic E-state index is -3.43. The molecule has 2 aliphatic heterocycles. The smallest absolute Gasteiger partial charge is 0.182 e. The highest BCUT2D eigenvalue weighted by Crippen LogP contribution is 2.44. The largest absolute Gasteiger partial charge is 0.393 e. The average Bonchev–Trinajstić information content (AvgIpc) is 3.57. The fourth-order valence-corrected chi connectivity index (χ4v) is 7.11. The number of benzene rings is 2. The number of sulfone groups is 2. The van der Waals surface area contributed by atoms with Gasteiger partial charge in [0.25, 0.3) is 0 Å². The van der Waals surface area contributed by atoms with Gasteiger partial charge in [0.1, 0.15) is 0 Å². The number of anilines is 1. The number of aliphatic hydroxyl groups excluding tert-OH is 1. The summed E-state index contributed by atoms with van der Waals surface area (Å²) < 4.78 is 54.6. The molecule has 0 amide bonds. The van der Waals surface area contributed by atoms with Gasteiger partial charge in [-0.05, 0) is 59.6 Å². The summed E-state index contributed by atoms with van der Waals surface area (Å²) in [5.74, 6) is 0.626. The summed E-state index contributed by atoms with van der Waals surface area (Å²) in [5, 5.41) is 13.5. The Balaban J connectivity index is 1.46. The monoisotopic (exact) mass is 491 g/mol. The van der Waals surface area contributed by atoms with Gasteiger partial charge in [-0.25, -0.2) is 16.8 Å². The number of hydrogen-bond acceptors (Lipinski definition) is 7. The van der Waals surface area contributed by atoms with E-state index in [2.05, 4.69) is 17.4 Å². The molecule has 3 unspecified atom stereocenters. The van der Waals surface area contributed by atoms with Gasteiger partial charge >= 0.3 is 0 Å². The molecule has 2 fully saturated rings. The van der Waals surface area contributed by atoms with Gasteiger partial charge in [-0.3, -0.25) is 0 Å². The molecule has 2 heterocycles. The van der Waals surface area contributed by atoms with Gasteiger partial charge in [-0.1, -0.05) is 24.3 Å². The first kappa shape index (κ1) is 22.8. The highest BCUT2D eigenvalue weighted by molar-refractivity contribution is 7.91. The van der Waals surface area contributed by atoms with Gasteiger partial charge in [0.15, 0.2) is 25.1 Å². The summed E-state index contributed by atoms with van der Waals surface area (Å²) in [5.41, 5.74) is 3.92. The van der Waals surface area contributed by atoms with Gasteiger partial charge in [0.05, 0.1) is 28.5 Å². The Labute approximate surface area is 195 Å². The molecule has 2 aromatic carbocycles. The Hall–Kier alpha value is -1.94. The van der Waals surface area contributed by atoms with Crippen LogP contribution in [0.1, 0.15) is 60.0 Å². The molecule has 1 saturated carbocycles. The molecule has 3 aliphatic rings. The lowest BCUT2D eigenvalue weighted by Crippen LogP contribution is -2.36. The zero-order valence-corrected chi connectivity index (χ0v) is 20.2. The third-order valence-electron chi connectivity index (χ3n) is 6.76. The summed E-state index contributed by atoms with van der Waals surface area (Å²) in [6.45, 7) is 0.407. The van der Waals surface area contributed by atoms with E-state index in [1.807, 2.05) is 18.2 Å². The number of aliphatic hydroxyl groups is 1. The van der Waals surface area contributed by atoms with Crippen LogP contribution in [-0.4, -0.2) is 52.0 Å². The molecule has 0 aromatic heterocycles. The van der Waals surface area contributed by atoms with Crippen molar-refractivity contribution in [3.63, 3.8) is 0 Å². The standard InChI is InChI=1S/C24H29NO6S2/c1-32(27,28)24-14-19(26)13-22(31-24)17-5-6-20(16-3-4-16)18(12-17)10-15-2-7-23-21(11-15)25-8-9-33(23,29)30/h2,5-7,11-12,16,19,22,24-26H,3-4,8-10,13-14H2,1H3. The van der Waals surface area contributed by atoms with E-state index in [1.165, 1.54) is 5.56 Å². The molecule has 2 N–H and O–H groups in total. The van der Waals surface area contributed by atoms with Crippen LogP contribution in [0, 0.1) is 0 Å². The molecule has 1 aliphatic carbocycles. The zero-order valence-electron chi connectivity index (χ0n) is 18.5. The van der Waals surface area contributed by atoms with Gasteiger partial charge < -0.3 is 15.2 Å². The maximum atomic E-state index is 12.3. The summed E-state index contributed by atoms with van der Waals surface area (Å²) in [6.07, 6.45) is 3.29. The zero-order chi connectivity index (χ0) is 23.4. The van der Waals surface area contributed by atoms with Crippen LogP contribution in [0.3, 0.4) is 0 Å². The molecule has 178 valence electrons. The molecular weight excluding hydrogens is 462 g/mol. The van der Waals surface area contributed by atoms with Crippen molar-refractivity contribution >= 4 is 25.4 Å².